The Hall–Kier alpha value is -2.89. The van der Waals surface area contributed by atoms with Crippen molar-refractivity contribution in [3.63, 3.8) is 0 Å². The first-order valence-electron chi connectivity index (χ1n) is 9.50. The molecule has 1 aromatic heterocycles. The number of thiazole rings is 1. The van der Waals surface area contributed by atoms with Gasteiger partial charge in [-0.05, 0) is 52.0 Å². The summed E-state index contributed by atoms with van der Waals surface area (Å²) in [5, 5.41) is 13.8. The lowest BCUT2D eigenvalue weighted by Crippen LogP contribution is -2.41. The molecule has 164 valence electrons. The molecule has 0 atom stereocenters. The number of sulfonamides is 1. The number of nitro benzene ring substituents is 1. The topological polar surface area (TPSA) is 123 Å². The number of carbonyl (C=O) groups excluding carboxylic acids is 1. The van der Waals surface area contributed by atoms with Crippen LogP contribution in [0, 0.1) is 10.1 Å². The second kappa shape index (κ2) is 8.69. The van der Waals surface area contributed by atoms with Crippen molar-refractivity contribution in [1.29, 1.82) is 0 Å². The number of nitro groups is 1. The highest BCUT2D eigenvalue weighted by Gasteiger charge is 2.29. The van der Waals surface area contributed by atoms with Crippen LogP contribution >= 0.6 is 11.3 Å². The standard InChI is InChI=1S/C20H22N4O5S2/c1-12(2)23(13(3)4)31(28,29)16-8-9-17-18(11-16)30-20(21-17)22-19(25)14-6-5-7-15(10-14)24(26)27/h5-13H,1-4H3,(H,21,22,25). The molecule has 0 aliphatic carbocycles. The number of amides is 1. The van der Waals surface area contributed by atoms with Crippen molar-refractivity contribution in [1.82, 2.24) is 9.29 Å². The van der Waals surface area contributed by atoms with E-state index >= 15 is 0 Å². The van der Waals surface area contributed by atoms with Gasteiger partial charge in [0.05, 0.1) is 20.0 Å². The van der Waals surface area contributed by atoms with Crippen molar-refractivity contribution >= 4 is 48.3 Å². The maximum absolute atomic E-state index is 13.1. The second-order valence-corrected chi connectivity index (χ2v) is 10.3. The van der Waals surface area contributed by atoms with Crippen LogP contribution in [0.2, 0.25) is 0 Å². The Morgan fingerprint density at radius 1 is 1.13 bits per heavy atom. The van der Waals surface area contributed by atoms with E-state index < -0.39 is 20.9 Å². The fourth-order valence-corrected chi connectivity index (χ4v) is 6.16. The summed E-state index contributed by atoms with van der Waals surface area (Å²) >= 11 is 1.13. The number of fused-ring (bicyclic) bond motifs is 1. The van der Waals surface area contributed by atoms with Crippen molar-refractivity contribution in [2.75, 3.05) is 5.32 Å². The molecule has 0 saturated carbocycles. The van der Waals surface area contributed by atoms with Crippen LogP contribution in [0.5, 0.6) is 0 Å². The number of aromatic nitrogens is 1. The summed E-state index contributed by atoms with van der Waals surface area (Å²) in [4.78, 5) is 27.3. The lowest BCUT2D eigenvalue weighted by atomic mass is 10.2. The van der Waals surface area contributed by atoms with E-state index in [4.69, 9.17) is 0 Å². The van der Waals surface area contributed by atoms with Crippen LogP contribution in [0.25, 0.3) is 10.2 Å². The van der Waals surface area contributed by atoms with Gasteiger partial charge in [-0.15, -0.1) is 0 Å². The second-order valence-electron chi connectivity index (χ2n) is 7.43. The van der Waals surface area contributed by atoms with E-state index in [1.165, 1.54) is 34.6 Å². The summed E-state index contributed by atoms with van der Waals surface area (Å²) in [6.45, 7) is 7.29. The van der Waals surface area contributed by atoms with E-state index in [0.717, 1.165) is 11.3 Å². The lowest BCUT2D eigenvalue weighted by Gasteiger charge is -2.29. The molecule has 0 bridgehead atoms. The van der Waals surface area contributed by atoms with Gasteiger partial charge < -0.3 is 0 Å². The third-order valence-corrected chi connectivity index (χ3v) is 7.67. The average molecular weight is 463 g/mol. The van der Waals surface area contributed by atoms with E-state index in [1.54, 1.807) is 12.1 Å². The van der Waals surface area contributed by atoms with Crippen LogP contribution in [0.3, 0.4) is 0 Å². The van der Waals surface area contributed by atoms with Crippen LogP contribution in [0.15, 0.2) is 47.4 Å². The average Bonchev–Trinajstić information content (AvgIpc) is 3.08. The molecule has 0 saturated heterocycles. The summed E-state index contributed by atoms with van der Waals surface area (Å²) in [5.74, 6) is -0.540. The minimum Gasteiger partial charge on any atom is -0.298 e. The van der Waals surface area contributed by atoms with Gasteiger partial charge in [-0.1, -0.05) is 17.4 Å². The zero-order chi connectivity index (χ0) is 22.9. The predicted octanol–water partition coefficient (Wildman–Crippen LogP) is 4.26. The molecule has 3 aromatic rings. The minimum atomic E-state index is -3.70. The molecule has 3 rings (SSSR count). The van der Waals surface area contributed by atoms with Gasteiger partial charge in [0.1, 0.15) is 0 Å². The van der Waals surface area contributed by atoms with Gasteiger partial charge in [-0.3, -0.25) is 20.2 Å². The zero-order valence-corrected chi connectivity index (χ0v) is 19.0. The highest BCUT2D eigenvalue weighted by Crippen LogP contribution is 2.30. The monoisotopic (exact) mass is 462 g/mol. The van der Waals surface area contributed by atoms with Crippen LogP contribution in [0.1, 0.15) is 38.1 Å². The molecular weight excluding hydrogens is 440 g/mol. The van der Waals surface area contributed by atoms with E-state index in [1.807, 2.05) is 27.7 Å². The van der Waals surface area contributed by atoms with E-state index in [9.17, 15) is 23.3 Å². The zero-order valence-electron chi connectivity index (χ0n) is 17.4. The fourth-order valence-electron chi connectivity index (χ4n) is 3.32. The van der Waals surface area contributed by atoms with Crippen LogP contribution < -0.4 is 5.32 Å². The van der Waals surface area contributed by atoms with Gasteiger partial charge in [0.25, 0.3) is 11.6 Å². The smallest absolute Gasteiger partial charge is 0.270 e. The van der Waals surface area contributed by atoms with Gasteiger partial charge >= 0.3 is 0 Å². The molecule has 0 aliphatic rings. The number of anilines is 1. The van der Waals surface area contributed by atoms with Crippen molar-refractivity contribution in [3.8, 4) is 0 Å². The quantitative estimate of drug-likeness (QED) is 0.413. The normalized spacial score (nSPS) is 12.1. The third kappa shape index (κ3) is 4.73. The Kier molecular flexibility index (Phi) is 6.39. The van der Waals surface area contributed by atoms with Crippen LogP contribution in [-0.4, -0.2) is 40.6 Å². The van der Waals surface area contributed by atoms with Crippen molar-refractivity contribution in [3.05, 3.63) is 58.1 Å². The summed E-state index contributed by atoms with van der Waals surface area (Å²) < 4.78 is 28.2. The number of carbonyl (C=O) groups is 1. The summed E-state index contributed by atoms with van der Waals surface area (Å²) in [5.41, 5.74) is 0.479. The number of hydrogen-bond acceptors (Lipinski definition) is 7. The summed E-state index contributed by atoms with van der Waals surface area (Å²) in [6, 6.07) is 9.61. The predicted molar refractivity (Wildman–Crippen MR) is 120 cm³/mol. The molecule has 0 aliphatic heterocycles. The number of rotatable bonds is 7. The molecule has 0 fully saturated rings. The SMILES string of the molecule is CC(C)N(C(C)C)S(=O)(=O)c1ccc2nc(NC(=O)c3cccc([N+](=O)[O-])c3)sc2c1. The van der Waals surface area contributed by atoms with E-state index in [-0.39, 0.29) is 33.4 Å². The van der Waals surface area contributed by atoms with Crippen molar-refractivity contribution < 1.29 is 18.1 Å². The largest absolute Gasteiger partial charge is 0.298 e. The van der Waals surface area contributed by atoms with Crippen molar-refractivity contribution in [2.45, 2.75) is 44.7 Å². The number of nitrogens with zero attached hydrogens (tertiary/aromatic N) is 3. The van der Waals surface area contributed by atoms with Crippen LogP contribution in [0.4, 0.5) is 10.8 Å². The van der Waals surface area contributed by atoms with Gasteiger partial charge in [0.2, 0.25) is 10.0 Å². The number of hydrogen-bond donors (Lipinski definition) is 1. The third-order valence-electron chi connectivity index (χ3n) is 4.49. The molecule has 31 heavy (non-hydrogen) atoms. The summed E-state index contributed by atoms with van der Waals surface area (Å²) in [6.07, 6.45) is 0. The Balaban J connectivity index is 1.90. The molecule has 0 radical (unpaired) electrons. The van der Waals surface area contributed by atoms with Gasteiger partial charge in [0, 0.05) is 29.8 Å². The van der Waals surface area contributed by atoms with E-state index in [0.29, 0.717) is 10.2 Å². The Bertz CT molecular complexity index is 1240. The van der Waals surface area contributed by atoms with Gasteiger partial charge in [-0.25, -0.2) is 13.4 Å². The molecule has 9 nitrogen and oxygen atoms in total. The maximum atomic E-state index is 13.1. The molecule has 11 heteroatoms. The highest BCUT2D eigenvalue weighted by molar-refractivity contribution is 7.89. The first kappa shape index (κ1) is 22.8. The Morgan fingerprint density at radius 3 is 2.42 bits per heavy atom. The number of non-ortho nitro benzene ring substituents is 1. The number of nitrogens with one attached hydrogen (secondary N) is 1. The molecule has 0 unspecified atom stereocenters. The molecule has 1 heterocycles. The Morgan fingerprint density at radius 2 is 1.81 bits per heavy atom. The number of benzene rings is 2. The fraction of sp³-hybridized carbons (Fsp3) is 0.300. The molecular formula is C20H22N4O5S2. The summed E-state index contributed by atoms with van der Waals surface area (Å²) in [7, 11) is -3.70. The lowest BCUT2D eigenvalue weighted by molar-refractivity contribution is -0.384. The van der Waals surface area contributed by atoms with Crippen LogP contribution in [-0.2, 0) is 10.0 Å². The molecule has 1 amide bonds. The van der Waals surface area contributed by atoms with Gasteiger partial charge in [0.15, 0.2) is 5.13 Å². The molecule has 2 aromatic carbocycles. The minimum absolute atomic E-state index is 0.126. The van der Waals surface area contributed by atoms with Gasteiger partial charge in [-0.2, -0.15) is 4.31 Å². The van der Waals surface area contributed by atoms with E-state index in [2.05, 4.69) is 10.3 Å². The maximum Gasteiger partial charge on any atom is 0.270 e. The Labute approximate surface area is 183 Å². The first-order valence-corrected chi connectivity index (χ1v) is 11.8. The first-order chi connectivity index (χ1) is 14.5. The molecule has 0 spiro atoms. The highest BCUT2D eigenvalue weighted by atomic mass is 32.2. The molecule has 1 N–H and O–H groups in total. The van der Waals surface area contributed by atoms with Crippen molar-refractivity contribution in [2.24, 2.45) is 0 Å².